The summed E-state index contributed by atoms with van der Waals surface area (Å²) >= 11 is 1.32. The Bertz CT molecular complexity index is 1390. The van der Waals surface area contributed by atoms with Gasteiger partial charge < -0.3 is 16.0 Å². The van der Waals surface area contributed by atoms with E-state index in [4.69, 9.17) is 5.73 Å². The third-order valence-electron chi connectivity index (χ3n) is 5.99. The van der Waals surface area contributed by atoms with E-state index in [-0.39, 0.29) is 17.9 Å². The van der Waals surface area contributed by atoms with E-state index in [1.54, 1.807) is 4.68 Å². The van der Waals surface area contributed by atoms with Crippen molar-refractivity contribution in [1.29, 1.82) is 0 Å². The Hall–Kier alpha value is -3.72. The number of thiazole rings is 1. The average Bonchev–Trinajstić information content (AvgIpc) is 3.51. The fraction of sp³-hybridized carbons (Fsp3) is 0.280. The molecule has 1 aliphatic carbocycles. The van der Waals surface area contributed by atoms with Crippen LogP contribution < -0.4 is 11.1 Å². The lowest BCUT2D eigenvalue weighted by atomic mass is 10.1. The highest BCUT2D eigenvalue weighted by Gasteiger charge is 2.35. The summed E-state index contributed by atoms with van der Waals surface area (Å²) in [6.45, 7) is 2.73. The molecule has 9 heteroatoms. The Labute approximate surface area is 201 Å². The zero-order valence-corrected chi connectivity index (χ0v) is 19.9. The first kappa shape index (κ1) is 22.1. The second-order valence-corrected chi connectivity index (χ2v) is 9.60. The van der Waals surface area contributed by atoms with Gasteiger partial charge in [0.15, 0.2) is 10.8 Å². The van der Waals surface area contributed by atoms with Crippen LogP contribution in [0.2, 0.25) is 0 Å². The third kappa shape index (κ3) is 4.26. The van der Waals surface area contributed by atoms with Gasteiger partial charge in [-0.25, -0.2) is 4.98 Å². The van der Waals surface area contributed by atoms with Crippen molar-refractivity contribution in [2.75, 3.05) is 18.8 Å². The predicted octanol–water partition coefficient (Wildman–Crippen LogP) is 3.62. The number of anilines is 1. The highest BCUT2D eigenvalue weighted by molar-refractivity contribution is 7.19. The van der Waals surface area contributed by atoms with E-state index < -0.39 is 0 Å². The van der Waals surface area contributed by atoms with Crippen molar-refractivity contribution >= 4 is 39.2 Å². The van der Waals surface area contributed by atoms with Gasteiger partial charge in [-0.2, -0.15) is 5.10 Å². The zero-order chi connectivity index (χ0) is 23.8. The van der Waals surface area contributed by atoms with Crippen LogP contribution in [0.5, 0.6) is 0 Å². The summed E-state index contributed by atoms with van der Waals surface area (Å²) in [5.74, 6) is -0.400. The fourth-order valence-electron chi connectivity index (χ4n) is 4.19. The van der Waals surface area contributed by atoms with E-state index in [1.165, 1.54) is 11.3 Å². The Morgan fingerprint density at radius 1 is 1.18 bits per heavy atom. The predicted molar refractivity (Wildman–Crippen MR) is 134 cm³/mol. The molecule has 34 heavy (non-hydrogen) atoms. The van der Waals surface area contributed by atoms with Crippen molar-refractivity contribution in [3.05, 3.63) is 65.5 Å². The smallest absolute Gasteiger partial charge is 0.274 e. The molecule has 1 aliphatic rings. The number of nitrogens with zero attached hydrogens (tertiary/aromatic N) is 4. The molecule has 0 spiro atoms. The molecule has 0 atom stereocenters. The highest BCUT2D eigenvalue weighted by Crippen LogP contribution is 2.35. The van der Waals surface area contributed by atoms with Gasteiger partial charge in [0.05, 0.1) is 10.4 Å². The van der Waals surface area contributed by atoms with Gasteiger partial charge in [0, 0.05) is 31.6 Å². The van der Waals surface area contributed by atoms with Crippen molar-refractivity contribution < 1.29 is 9.59 Å². The van der Waals surface area contributed by atoms with Crippen LogP contribution in [0.3, 0.4) is 0 Å². The fourth-order valence-corrected chi connectivity index (χ4v) is 5.01. The van der Waals surface area contributed by atoms with Gasteiger partial charge in [-0.3, -0.25) is 14.3 Å². The quantitative estimate of drug-likeness (QED) is 0.426. The number of hydrogen-bond acceptors (Lipinski definition) is 6. The van der Waals surface area contributed by atoms with E-state index in [0.717, 1.165) is 39.7 Å². The normalized spacial score (nSPS) is 13.2. The SMILES string of the molecule is Cc1cccc(-c2sc(N)nc2C(=O)N(CCNC(=O)c2nn(C)c3ccccc23)C2CC2)c1. The maximum absolute atomic E-state index is 13.5. The van der Waals surface area contributed by atoms with Gasteiger partial charge in [0.2, 0.25) is 0 Å². The Morgan fingerprint density at radius 3 is 2.74 bits per heavy atom. The second kappa shape index (κ2) is 8.90. The highest BCUT2D eigenvalue weighted by atomic mass is 32.1. The number of nitrogens with one attached hydrogen (secondary N) is 1. The second-order valence-electron chi connectivity index (χ2n) is 8.57. The molecule has 8 nitrogen and oxygen atoms in total. The van der Waals surface area contributed by atoms with Crippen LogP contribution in [0.25, 0.3) is 21.3 Å². The molecule has 0 saturated heterocycles. The van der Waals surface area contributed by atoms with Crippen molar-refractivity contribution in [1.82, 2.24) is 25.0 Å². The molecule has 1 fully saturated rings. The van der Waals surface area contributed by atoms with Gasteiger partial charge in [-0.1, -0.05) is 59.4 Å². The Kier molecular flexibility index (Phi) is 5.79. The summed E-state index contributed by atoms with van der Waals surface area (Å²) in [5, 5.41) is 8.48. The summed E-state index contributed by atoms with van der Waals surface area (Å²) in [4.78, 5) is 33.3. The summed E-state index contributed by atoms with van der Waals surface area (Å²) in [5.41, 5.74) is 9.70. The number of benzene rings is 2. The minimum atomic E-state index is -0.252. The number of carbonyl (C=O) groups is 2. The molecule has 1 saturated carbocycles. The first-order valence-corrected chi connectivity index (χ1v) is 12.1. The first-order chi connectivity index (χ1) is 16.4. The number of para-hydroxylation sites is 1. The molecule has 4 aromatic rings. The van der Waals surface area contributed by atoms with Crippen molar-refractivity contribution in [2.45, 2.75) is 25.8 Å². The van der Waals surface area contributed by atoms with Gasteiger partial charge in [0.25, 0.3) is 11.8 Å². The minimum Gasteiger partial charge on any atom is -0.375 e. The van der Waals surface area contributed by atoms with Crippen LogP contribution in [-0.4, -0.2) is 50.6 Å². The lowest BCUT2D eigenvalue weighted by molar-refractivity contribution is 0.0732. The van der Waals surface area contributed by atoms with Crippen LogP contribution in [0.1, 0.15) is 39.4 Å². The molecular weight excluding hydrogens is 448 g/mol. The van der Waals surface area contributed by atoms with E-state index >= 15 is 0 Å². The number of amides is 2. The first-order valence-electron chi connectivity index (χ1n) is 11.3. The number of carbonyl (C=O) groups excluding carboxylic acids is 2. The maximum Gasteiger partial charge on any atom is 0.274 e. The molecule has 0 aliphatic heterocycles. The summed E-state index contributed by atoms with van der Waals surface area (Å²) in [6.07, 6.45) is 1.90. The summed E-state index contributed by atoms with van der Waals surface area (Å²) in [6, 6.07) is 15.8. The average molecular weight is 475 g/mol. The summed E-state index contributed by atoms with van der Waals surface area (Å²) < 4.78 is 1.70. The maximum atomic E-state index is 13.5. The zero-order valence-electron chi connectivity index (χ0n) is 19.1. The molecule has 2 amide bonds. The number of fused-ring (bicyclic) bond motifs is 1. The Balaban J connectivity index is 1.32. The van der Waals surface area contributed by atoms with Gasteiger partial charge in [0.1, 0.15) is 5.69 Å². The van der Waals surface area contributed by atoms with Crippen LogP contribution in [0.15, 0.2) is 48.5 Å². The lowest BCUT2D eigenvalue weighted by Crippen LogP contribution is -2.40. The molecule has 174 valence electrons. The molecule has 0 radical (unpaired) electrons. The number of rotatable bonds is 7. The summed E-state index contributed by atoms with van der Waals surface area (Å²) in [7, 11) is 1.82. The van der Waals surface area contributed by atoms with E-state index in [9.17, 15) is 9.59 Å². The molecule has 5 rings (SSSR count). The molecule has 0 bridgehead atoms. The molecular formula is C25H26N6O2S. The monoisotopic (exact) mass is 474 g/mol. The van der Waals surface area contributed by atoms with Crippen LogP contribution in [0.4, 0.5) is 5.13 Å². The number of aromatic nitrogens is 3. The van der Waals surface area contributed by atoms with E-state index in [1.807, 2.05) is 67.4 Å². The third-order valence-corrected chi connectivity index (χ3v) is 6.92. The molecule has 3 N–H and O–H groups in total. The van der Waals surface area contributed by atoms with E-state index in [2.05, 4.69) is 15.4 Å². The van der Waals surface area contributed by atoms with Gasteiger partial charge in [-0.05, 0) is 31.4 Å². The van der Waals surface area contributed by atoms with Crippen molar-refractivity contribution in [3.63, 3.8) is 0 Å². The Morgan fingerprint density at radius 2 is 1.97 bits per heavy atom. The van der Waals surface area contributed by atoms with Gasteiger partial charge in [-0.15, -0.1) is 0 Å². The molecule has 2 aromatic heterocycles. The van der Waals surface area contributed by atoms with Gasteiger partial charge >= 0.3 is 0 Å². The number of nitrogens with two attached hydrogens (primary N) is 1. The van der Waals surface area contributed by atoms with Crippen LogP contribution >= 0.6 is 11.3 Å². The minimum absolute atomic E-state index is 0.149. The topological polar surface area (TPSA) is 106 Å². The number of aryl methyl sites for hydroxylation is 2. The van der Waals surface area contributed by atoms with Crippen LogP contribution in [-0.2, 0) is 7.05 Å². The standard InChI is InChI=1S/C25H26N6O2S/c1-15-6-5-7-16(14-15)22-21(28-25(26)34-22)24(33)31(17-10-11-17)13-12-27-23(32)20-18-8-3-4-9-19(18)30(2)29-20/h3-9,14,17H,10-13H2,1-2H3,(H2,26,28)(H,27,32). The number of hydrogen-bond donors (Lipinski definition) is 2. The molecule has 2 aromatic carbocycles. The van der Waals surface area contributed by atoms with Crippen molar-refractivity contribution in [3.8, 4) is 10.4 Å². The van der Waals surface area contributed by atoms with Crippen LogP contribution in [0, 0.1) is 6.92 Å². The molecule has 0 unspecified atom stereocenters. The largest absolute Gasteiger partial charge is 0.375 e. The molecule has 2 heterocycles. The number of nitrogen functional groups attached to an aromatic ring is 1. The lowest BCUT2D eigenvalue weighted by Gasteiger charge is -2.22. The van der Waals surface area contributed by atoms with E-state index in [0.29, 0.717) is 29.6 Å². The van der Waals surface area contributed by atoms with Crippen molar-refractivity contribution in [2.24, 2.45) is 7.05 Å².